The molecule has 1 saturated heterocycles. The van der Waals surface area contributed by atoms with E-state index in [-0.39, 0.29) is 0 Å². The number of imidazole rings is 1. The van der Waals surface area contributed by atoms with Crippen LogP contribution in [0, 0.1) is 0 Å². The lowest BCUT2D eigenvalue weighted by Gasteiger charge is -2.25. The normalized spacial score (nSPS) is 19.0. The van der Waals surface area contributed by atoms with Crippen molar-refractivity contribution >= 4 is 0 Å². The molecule has 1 aliphatic rings. The Hall–Kier alpha value is -1.81. The average molecular weight is 285 g/mol. The van der Waals surface area contributed by atoms with Gasteiger partial charge in [0.15, 0.2) is 0 Å². The van der Waals surface area contributed by atoms with Gasteiger partial charge < -0.3 is 9.30 Å². The summed E-state index contributed by atoms with van der Waals surface area (Å²) in [5, 5.41) is 0. The first-order chi connectivity index (χ1) is 10.4. The van der Waals surface area contributed by atoms with Gasteiger partial charge in [0.1, 0.15) is 5.75 Å². The minimum Gasteiger partial charge on any atom is -0.497 e. The van der Waals surface area contributed by atoms with Gasteiger partial charge in [0.2, 0.25) is 0 Å². The lowest BCUT2D eigenvalue weighted by atomic mass is 10.0. The van der Waals surface area contributed by atoms with E-state index in [0.29, 0.717) is 6.04 Å². The number of ether oxygens (including phenoxy) is 1. The number of methoxy groups -OCH3 is 1. The lowest BCUT2D eigenvalue weighted by Crippen LogP contribution is -2.25. The van der Waals surface area contributed by atoms with Gasteiger partial charge in [0, 0.05) is 31.5 Å². The Balaban J connectivity index is 1.56. The molecule has 1 atom stereocenters. The number of aryl methyl sites for hydroxylation is 1. The Morgan fingerprint density at radius 2 is 2.10 bits per heavy atom. The number of aromatic nitrogens is 2. The third-order valence-corrected chi connectivity index (χ3v) is 4.29. The van der Waals surface area contributed by atoms with Crippen molar-refractivity contribution in [3.05, 3.63) is 48.5 Å². The van der Waals surface area contributed by atoms with Crippen molar-refractivity contribution in [3.63, 3.8) is 0 Å². The first kappa shape index (κ1) is 14.1. The van der Waals surface area contributed by atoms with Gasteiger partial charge in [-0.2, -0.15) is 0 Å². The fourth-order valence-corrected chi connectivity index (χ4v) is 3.17. The van der Waals surface area contributed by atoms with Crippen LogP contribution in [0.1, 0.15) is 30.9 Å². The molecule has 1 aromatic carbocycles. The van der Waals surface area contributed by atoms with E-state index in [1.165, 1.54) is 31.4 Å². The SMILES string of the molecule is COc1ccc([C@H]2CCCN2CCCn2ccnc2)cc1. The number of hydrogen-bond donors (Lipinski definition) is 0. The molecule has 21 heavy (non-hydrogen) atoms. The van der Waals surface area contributed by atoms with Crippen molar-refractivity contribution < 1.29 is 4.74 Å². The molecule has 0 amide bonds. The highest BCUT2D eigenvalue weighted by molar-refractivity contribution is 5.29. The molecule has 1 fully saturated rings. The molecule has 0 aliphatic carbocycles. The van der Waals surface area contributed by atoms with Gasteiger partial charge in [-0.1, -0.05) is 12.1 Å². The van der Waals surface area contributed by atoms with Gasteiger partial charge in [-0.3, -0.25) is 4.90 Å². The highest BCUT2D eigenvalue weighted by Gasteiger charge is 2.25. The second kappa shape index (κ2) is 6.76. The first-order valence-electron chi connectivity index (χ1n) is 7.70. The zero-order chi connectivity index (χ0) is 14.5. The quantitative estimate of drug-likeness (QED) is 0.817. The van der Waals surface area contributed by atoms with E-state index in [4.69, 9.17) is 4.74 Å². The molecule has 0 unspecified atom stereocenters. The summed E-state index contributed by atoms with van der Waals surface area (Å²) >= 11 is 0. The van der Waals surface area contributed by atoms with Crippen LogP contribution in [0.15, 0.2) is 43.0 Å². The van der Waals surface area contributed by atoms with Crippen molar-refractivity contribution in [2.45, 2.75) is 31.8 Å². The smallest absolute Gasteiger partial charge is 0.118 e. The number of rotatable bonds is 6. The van der Waals surface area contributed by atoms with Gasteiger partial charge in [-0.15, -0.1) is 0 Å². The van der Waals surface area contributed by atoms with Crippen molar-refractivity contribution in [2.24, 2.45) is 0 Å². The fraction of sp³-hybridized carbons (Fsp3) is 0.471. The average Bonchev–Trinajstić information content (AvgIpc) is 3.19. The second-order valence-electron chi connectivity index (χ2n) is 5.62. The van der Waals surface area contributed by atoms with Crippen molar-refractivity contribution in [1.29, 1.82) is 0 Å². The van der Waals surface area contributed by atoms with E-state index in [0.717, 1.165) is 18.8 Å². The van der Waals surface area contributed by atoms with E-state index in [1.807, 2.05) is 18.7 Å². The summed E-state index contributed by atoms with van der Waals surface area (Å²) < 4.78 is 7.39. The molecule has 0 radical (unpaired) electrons. The Morgan fingerprint density at radius 3 is 2.81 bits per heavy atom. The molecule has 2 heterocycles. The molecule has 1 aliphatic heterocycles. The van der Waals surface area contributed by atoms with Gasteiger partial charge >= 0.3 is 0 Å². The number of nitrogens with zero attached hydrogens (tertiary/aromatic N) is 3. The van der Waals surface area contributed by atoms with Crippen LogP contribution >= 0.6 is 0 Å². The number of hydrogen-bond acceptors (Lipinski definition) is 3. The maximum absolute atomic E-state index is 5.24. The highest BCUT2D eigenvalue weighted by atomic mass is 16.5. The Bertz CT molecular complexity index is 536. The van der Waals surface area contributed by atoms with E-state index < -0.39 is 0 Å². The molecule has 112 valence electrons. The van der Waals surface area contributed by atoms with Gasteiger partial charge in [-0.25, -0.2) is 4.98 Å². The molecule has 0 bridgehead atoms. The van der Waals surface area contributed by atoms with Crippen LogP contribution in [-0.2, 0) is 6.54 Å². The van der Waals surface area contributed by atoms with Crippen LogP contribution < -0.4 is 4.74 Å². The van der Waals surface area contributed by atoms with Crippen molar-refractivity contribution in [2.75, 3.05) is 20.2 Å². The third kappa shape index (κ3) is 3.45. The summed E-state index contributed by atoms with van der Waals surface area (Å²) in [5.74, 6) is 0.934. The fourth-order valence-electron chi connectivity index (χ4n) is 3.17. The summed E-state index contributed by atoms with van der Waals surface area (Å²) in [7, 11) is 1.72. The Kier molecular flexibility index (Phi) is 4.55. The van der Waals surface area contributed by atoms with E-state index >= 15 is 0 Å². The van der Waals surface area contributed by atoms with E-state index in [9.17, 15) is 0 Å². The summed E-state index contributed by atoms with van der Waals surface area (Å²) in [5.41, 5.74) is 1.41. The molecule has 4 nitrogen and oxygen atoms in total. The van der Waals surface area contributed by atoms with Crippen LogP contribution in [0.5, 0.6) is 5.75 Å². The molecule has 4 heteroatoms. The zero-order valence-electron chi connectivity index (χ0n) is 12.6. The largest absolute Gasteiger partial charge is 0.497 e. The first-order valence-corrected chi connectivity index (χ1v) is 7.70. The van der Waals surface area contributed by atoms with Crippen LogP contribution in [0.2, 0.25) is 0 Å². The summed E-state index contributed by atoms with van der Waals surface area (Å²) in [4.78, 5) is 6.70. The Labute approximate surface area is 126 Å². The minimum absolute atomic E-state index is 0.568. The van der Waals surface area contributed by atoms with Gasteiger partial charge in [-0.05, 0) is 43.5 Å². The van der Waals surface area contributed by atoms with Crippen molar-refractivity contribution in [1.82, 2.24) is 14.5 Å². The maximum atomic E-state index is 5.24. The van der Waals surface area contributed by atoms with E-state index in [2.05, 4.69) is 38.7 Å². The molecule has 1 aromatic heterocycles. The zero-order valence-corrected chi connectivity index (χ0v) is 12.6. The summed E-state index contributed by atoms with van der Waals surface area (Å²) in [6.07, 6.45) is 9.49. The van der Waals surface area contributed by atoms with Crippen LogP contribution in [-0.4, -0.2) is 34.7 Å². The summed E-state index contributed by atoms with van der Waals surface area (Å²) in [6, 6.07) is 9.11. The predicted molar refractivity (Wildman–Crippen MR) is 83.4 cm³/mol. The monoisotopic (exact) mass is 285 g/mol. The third-order valence-electron chi connectivity index (χ3n) is 4.29. The maximum Gasteiger partial charge on any atom is 0.118 e. The molecule has 0 saturated carbocycles. The molecular formula is C17H23N3O. The van der Waals surface area contributed by atoms with Gasteiger partial charge in [0.25, 0.3) is 0 Å². The molecule has 0 N–H and O–H groups in total. The topological polar surface area (TPSA) is 30.3 Å². The minimum atomic E-state index is 0.568. The molecule has 2 aromatic rings. The highest BCUT2D eigenvalue weighted by Crippen LogP contribution is 2.32. The van der Waals surface area contributed by atoms with Crippen molar-refractivity contribution in [3.8, 4) is 5.75 Å². The molecule has 0 spiro atoms. The van der Waals surface area contributed by atoms with Crippen LogP contribution in [0.3, 0.4) is 0 Å². The lowest BCUT2D eigenvalue weighted by molar-refractivity contribution is 0.249. The predicted octanol–water partition coefficient (Wildman–Crippen LogP) is 3.12. The van der Waals surface area contributed by atoms with E-state index in [1.54, 1.807) is 7.11 Å². The number of benzene rings is 1. The van der Waals surface area contributed by atoms with Crippen LogP contribution in [0.4, 0.5) is 0 Å². The Morgan fingerprint density at radius 1 is 1.24 bits per heavy atom. The van der Waals surface area contributed by atoms with Crippen LogP contribution in [0.25, 0.3) is 0 Å². The summed E-state index contributed by atoms with van der Waals surface area (Å²) in [6.45, 7) is 3.40. The standard InChI is InChI=1S/C17H23N3O/c1-21-16-7-5-15(6-8-16)17-4-2-11-20(17)12-3-10-19-13-9-18-14-19/h5-9,13-14,17H,2-4,10-12H2,1H3/t17-/m1/s1. The molecule has 3 rings (SSSR count). The second-order valence-corrected chi connectivity index (χ2v) is 5.62. The molecular weight excluding hydrogens is 262 g/mol. The van der Waals surface area contributed by atoms with Gasteiger partial charge in [0.05, 0.1) is 13.4 Å². The number of likely N-dealkylation sites (tertiary alicyclic amines) is 1.